The molecule has 0 radical (unpaired) electrons. The van der Waals surface area contributed by atoms with Gasteiger partial charge in [-0.15, -0.1) is 0 Å². The minimum Gasteiger partial charge on any atom is -0.490 e. The van der Waals surface area contributed by atoms with Gasteiger partial charge >= 0.3 is 0 Å². The molecule has 2 aromatic carbocycles. The Morgan fingerprint density at radius 3 is 2.71 bits per heavy atom. The zero-order valence-corrected chi connectivity index (χ0v) is 21.0. The molecular weight excluding hydrogens is 574 g/mol. The molecular formula is C21H17Cl2IN2O4S. The van der Waals surface area contributed by atoms with Crippen molar-refractivity contribution in [3.8, 4) is 11.5 Å². The lowest BCUT2D eigenvalue weighted by atomic mass is 10.2. The smallest absolute Gasteiger partial charge is 0.286 e. The van der Waals surface area contributed by atoms with E-state index in [4.69, 9.17) is 32.7 Å². The van der Waals surface area contributed by atoms with Crippen molar-refractivity contribution in [2.75, 3.05) is 6.61 Å². The van der Waals surface area contributed by atoms with Crippen molar-refractivity contribution in [1.82, 2.24) is 5.32 Å². The molecule has 10 heteroatoms. The first-order valence-corrected chi connectivity index (χ1v) is 11.7. The second-order valence-electron chi connectivity index (χ2n) is 6.30. The van der Waals surface area contributed by atoms with E-state index in [2.05, 4.69) is 32.9 Å². The number of carbonyl (C=O) groups is 2. The maximum Gasteiger partial charge on any atom is 0.286 e. The zero-order chi connectivity index (χ0) is 22.5. The maximum absolute atomic E-state index is 12.1. The molecule has 0 bridgehead atoms. The Labute approximate surface area is 207 Å². The molecule has 0 spiro atoms. The van der Waals surface area contributed by atoms with Gasteiger partial charge in [0.1, 0.15) is 6.61 Å². The summed E-state index contributed by atoms with van der Waals surface area (Å²) in [5.41, 5.74) is 1.55. The molecule has 0 unspecified atom stereocenters. The van der Waals surface area contributed by atoms with Gasteiger partial charge in [-0.25, -0.2) is 0 Å². The minimum absolute atomic E-state index is 0.245. The minimum atomic E-state index is -0.403. The lowest BCUT2D eigenvalue weighted by Gasteiger charge is -2.15. The predicted octanol–water partition coefficient (Wildman–Crippen LogP) is 5.68. The second kappa shape index (κ2) is 10.7. The number of nitrogens with zero attached hydrogens (tertiary/aromatic N) is 1. The lowest BCUT2D eigenvalue weighted by molar-refractivity contribution is -0.117. The van der Waals surface area contributed by atoms with Crippen LogP contribution in [0.15, 0.2) is 40.2 Å². The molecule has 1 N–H and O–H groups in total. The summed E-state index contributed by atoms with van der Waals surface area (Å²) in [5.74, 6) is 0.441. The Morgan fingerprint density at radius 2 is 2.03 bits per heavy atom. The van der Waals surface area contributed by atoms with Crippen LogP contribution in [0.4, 0.5) is 0 Å². The fourth-order valence-corrected chi connectivity index (χ4v) is 4.73. The fraction of sp³-hybridized carbons (Fsp3) is 0.190. The first kappa shape index (κ1) is 23.9. The summed E-state index contributed by atoms with van der Waals surface area (Å²) in [6.45, 7) is 3.93. The molecule has 31 heavy (non-hydrogen) atoms. The summed E-state index contributed by atoms with van der Waals surface area (Å²) >= 11 is 15.5. The number of nitrogens with one attached hydrogen (secondary N) is 1. The molecule has 0 atom stereocenters. The fourth-order valence-electron chi connectivity index (χ4n) is 2.63. The van der Waals surface area contributed by atoms with Crippen LogP contribution in [-0.4, -0.2) is 23.6 Å². The van der Waals surface area contributed by atoms with Crippen molar-refractivity contribution in [3.63, 3.8) is 0 Å². The van der Waals surface area contributed by atoms with Gasteiger partial charge in [0.15, 0.2) is 16.7 Å². The van der Waals surface area contributed by atoms with Gasteiger partial charge in [-0.2, -0.15) is 4.99 Å². The third-order valence-electron chi connectivity index (χ3n) is 3.92. The second-order valence-corrected chi connectivity index (χ2v) is 9.34. The van der Waals surface area contributed by atoms with Crippen molar-refractivity contribution in [1.29, 1.82) is 0 Å². The van der Waals surface area contributed by atoms with Crippen molar-refractivity contribution >= 4 is 80.6 Å². The Morgan fingerprint density at radius 1 is 1.26 bits per heavy atom. The number of rotatable bonds is 6. The Balaban J connectivity index is 1.83. The van der Waals surface area contributed by atoms with E-state index in [1.165, 1.54) is 6.92 Å². The van der Waals surface area contributed by atoms with Crippen LogP contribution < -0.4 is 14.8 Å². The molecule has 0 aromatic heterocycles. The highest BCUT2D eigenvalue weighted by atomic mass is 127. The lowest BCUT2D eigenvalue weighted by Crippen LogP contribution is -2.23. The standard InChI is InChI=1S/C21H17Cl2IN2O4S/c1-3-29-17-7-12(8-18-20(28)26-21(31-18)25-11(2)27)6-16(24)19(17)30-10-13-4-5-14(22)9-15(13)23/h4-9H,3,10H2,1-2H3,(H,25,26,27,28)/b18-8-. The van der Waals surface area contributed by atoms with Gasteiger partial charge in [0.05, 0.1) is 15.1 Å². The maximum atomic E-state index is 12.1. The third-order valence-corrected chi connectivity index (χ3v) is 6.21. The molecule has 1 heterocycles. The monoisotopic (exact) mass is 590 g/mol. The Bertz CT molecular complexity index is 1110. The molecule has 2 amide bonds. The summed E-state index contributed by atoms with van der Waals surface area (Å²) in [5, 5.41) is 3.87. The first-order chi connectivity index (χ1) is 14.8. The molecule has 0 aliphatic carbocycles. The number of amidine groups is 1. The molecule has 3 rings (SSSR count). The number of hydrogen-bond donors (Lipinski definition) is 1. The van der Waals surface area contributed by atoms with Gasteiger partial charge in [-0.1, -0.05) is 29.3 Å². The predicted molar refractivity (Wildman–Crippen MR) is 133 cm³/mol. The highest BCUT2D eigenvalue weighted by molar-refractivity contribution is 14.1. The highest BCUT2D eigenvalue weighted by Gasteiger charge is 2.23. The molecule has 1 aliphatic rings. The van der Waals surface area contributed by atoms with E-state index >= 15 is 0 Å². The van der Waals surface area contributed by atoms with Crippen LogP contribution in [0.3, 0.4) is 0 Å². The molecule has 0 saturated heterocycles. The van der Waals surface area contributed by atoms with E-state index in [9.17, 15) is 9.59 Å². The normalized spacial score (nSPS) is 14.5. The van der Waals surface area contributed by atoms with Crippen molar-refractivity contribution < 1.29 is 19.1 Å². The van der Waals surface area contributed by atoms with E-state index in [1.54, 1.807) is 24.3 Å². The molecule has 0 fully saturated rings. The first-order valence-electron chi connectivity index (χ1n) is 9.10. The number of benzene rings is 2. The van der Waals surface area contributed by atoms with Gasteiger partial charge in [0, 0.05) is 22.5 Å². The number of halogens is 3. The van der Waals surface area contributed by atoms with Gasteiger partial charge in [-0.05, 0) is 77.2 Å². The molecule has 2 aromatic rings. The number of amides is 2. The average Bonchev–Trinajstić information content (AvgIpc) is 3.00. The topological polar surface area (TPSA) is 77.0 Å². The van der Waals surface area contributed by atoms with Crippen LogP contribution in [0, 0.1) is 3.57 Å². The van der Waals surface area contributed by atoms with Crippen LogP contribution in [0.25, 0.3) is 6.08 Å². The van der Waals surface area contributed by atoms with Crippen LogP contribution in [0.2, 0.25) is 10.0 Å². The molecule has 6 nitrogen and oxygen atoms in total. The summed E-state index contributed by atoms with van der Waals surface area (Å²) in [7, 11) is 0. The van der Waals surface area contributed by atoms with Gasteiger partial charge in [0.2, 0.25) is 5.91 Å². The molecule has 0 saturated carbocycles. The molecule has 162 valence electrons. The summed E-state index contributed by atoms with van der Waals surface area (Å²) in [4.78, 5) is 27.6. The van der Waals surface area contributed by atoms with Crippen LogP contribution in [0.5, 0.6) is 11.5 Å². The summed E-state index contributed by atoms with van der Waals surface area (Å²) in [6, 6.07) is 8.90. The van der Waals surface area contributed by atoms with Crippen LogP contribution in [-0.2, 0) is 16.2 Å². The van der Waals surface area contributed by atoms with E-state index in [-0.39, 0.29) is 17.7 Å². The van der Waals surface area contributed by atoms with Crippen LogP contribution >= 0.6 is 57.6 Å². The van der Waals surface area contributed by atoms with Crippen molar-refractivity contribution in [3.05, 3.63) is 60.0 Å². The Hall–Kier alpha value is -1.75. The van der Waals surface area contributed by atoms with Crippen LogP contribution in [0.1, 0.15) is 25.0 Å². The van der Waals surface area contributed by atoms with E-state index in [1.807, 2.05) is 19.1 Å². The van der Waals surface area contributed by atoms with Crippen molar-refractivity contribution in [2.45, 2.75) is 20.5 Å². The Kier molecular flexibility index (Phi) is 8.26. The SMILES string of the molecule is CCOc1cc(/C=C2\SC(NC(C)=O)=NC2=O)cc(I)c1OCc1ccc(Cl)cc1Cl. The number of hydrogen-bond acceptors (Lipinski definition) is 5. The van der Waals surface area contributed by atoms with E-state index in [0.29, 0.717) is 33.1 Å². The zero-order valence-electron chi connectivity index (χ0n) is 16.5. The molecule has 1 aliphatic heterocycles. The summed E-state index contributed by atoms with van der Waals surface area (Å²) in [6.07, 6.45) is 1.70. The number of ether oxygens (including phenoxy) is 2. The van der Waals surface area contributed by atoms with E-state index < -0.39 is 5.91 Å². The quantitative estimate of drug-likeness (QED) is 0.346. The van der Waals surface area contributed by atoms with E-state index in [0.717, 1.165) is 26.5 Å². The number of aliphatic imine (C=N–C) groups is 1. The van der Waals surface area contributed by atoms with Gasteiger partial charge in [0.25, 0.3) is 5.91 Å². The largest absolute Gasteiger partial charge is 0.490 e. The average molecular weight is 591 g/mol. The summed E-state index contributed by atoms with van der Waals surface area (Å²) < 4.78 is 12.6. The van der Waals surface area contributed by atoms with Gasteiger partial charge in [-0.3, -0.25) is 9.59 Å². The number of thioether (sulfide) groups is 1. The van der Waals surface area contributed by atoms with Crippen molar-refractivity contribution in [2.24, 2.45) is 4.99 Å². The third kappa shape index (κ3) is 6.38. The number of carbonyl (C=O) groups excluding carboxylic acids is 2. The van der Waals surface area contributed by atoms with Gasteiger partial charge < -0.3 is 14.8 Å². The highest BCUT2D eigenvalue weighted by Crippen LogP contribution is 2.37.